The topological polar surface area (TPSA) is 102 Å². The fourth-order valence-corrected chi connectivity index (χ4v) is 0.802. The molecule has 0 radical (unpaired) electrons. The van der Waals surface area contributed by atoms with E-state index in [9.17, 15) is 4.79 Å². The summed E-state index contributed by atoms with van der Waals surface area (Å²) in [7, 11) is 0. The predicted octanol–water partition coefficient (Wildman–Crippen LogP) is -0.252. The number of hydrogen-bond acceptors (Lipinski definition) is 4. The van der Waals surface area contributed by atoms with Gasteiger partial charge in [-0.25, -0.2) is 4.98 Å². The van der Waals surface area contributed by atoms with Crippen molar-refractivity contribution in [2.24, 2.45) is 5.73 Å². The summed E-state index contributed by atoms with van der Waals surface area (Å²) in [5.41, 5.74) is 11.1. The molecule has 12 heavy (non-hydrogen) atoms. The van der Waals surface area contributed by atoms with Gasteiger partial charge in [0.1, 0.15) is 11.9 Å². The summed E-state index contributed by atoms with van der Waals surface area (Å²) in [5.74, 6) is -0.815. The number of carboxylic acids is 1. The molecule has 0 aliphatic rings. The molecule has 0 aliphatic heterocycles. The Bertz CT molecular complexity index is 300. The number of nitrogens with two attached hydrogens (primary N) is 2. The third-order valence-electron chi connectivity index (χ3n) is 1.43. The van der Waals surface area contributed by atoms with Crippen molar-refractivity contribution in [3.63, 3.8) is 0 Å². The Kier molecular flexibility index (Phi) is 2.25. The van der Waals surface area contributed by atoms with Crippen LogP contribution in [0.15, 0.2) is 18.3 Å². The summed E-state index contributed by atoms with van der Waals surface area (Å²) in [6.07, 6.45) is 1.42. The zero-order valence-electron chi connectivity index (χ0n) is 6.27. The highest BCUT2D eigenvalue weighted by molar-refractivity contribution is 5.75. The summed E-state index contributed by atoms with van der Waals surface area (Å²) >= 11 is 0. The van der Waals surface area contributed by atoms with Gasteiger partial charge in [-0.2, -0.15) is 0 Å². The molecule has 5 heteroatoms. The second-order valence-electron chi connectivity index (χ2n) is 2.33. The Hall–Kier alpha value is -1.62. The van der Waals surface area contributed by atoms with Crippen molar-refractivity contribution in [2.45, 2.75) is 6.04 Å². The van der Waals surface area contributed by atoms with Crippen LogP contribution in [0.25, 0.3) is 0 Å². The molecule has 0 saturated carbocycles. The van der Waals surface area contributed by atoms with Crippen LogP contribution in [0, 0.1) is 0 Å². The average Bonchev–Trinajstić information content (AvgIpc) is 2.03. The maximum absolute atomic E-state index is 10.4. The Balaban J connectivity index is 2.95. The van der Waals surface area contributed by atoms with E-state index in [4.69, 9.17) is 16.6 Å². The predicted molar refractivity (Wildman–Crippen MR) is 43.2 cm³/mol. The third-order valence-corrected chi connectivity index (χ3v) is 1.43. The molecular weight excluding hydrogens is 158 g/mol. The maximum atomic E-state index is 10.4. The number of nitrogen functional groups attached to an aromatic ring is 1. The van der Waals surface area contributed by atoms with Crippen molar-refractivity contribution in [1.29, 1.82) is 0 Å². The largest absolute Gasteiger partial charge is 0.480 e. The summed E-state index contributed by atoms with van der Waals surface area (Å²) in [6, 6.07) is 1.93. The van der Waals surface area contributed by atoms with Crippen LogP contribution in [-0.4, -0.2) is 16.1 Å². The minimum atomic E-state index is -1.08. The standard InChI is InChI=1S/C7H9N3O2/c8-5-3-4(1-2-10-5)6(9)7(11)12/h1-3,6H,9H2,(H2,8,10)(H,11,12)/t6-/m0/s1. The summed E-state index contributed by atoms with van der Waals surface area (Å²) in [6.45, 7) is 0. The van der Waals surface area contributed by atoms with Gasteiger partial charge in [0.25, 0.3) is 0 Å². The molecular formula is C7H9N3O2. The number of carbonyl (C=O) groups is 1. The first-order valence-electron chi connectivity index (χ1n) is 3.31. The van der Waals surface area contributed by atoms with Crippen molar-refractivity contribution in [3.8, 4) is 0 Å². The molecule has 0 spiro atoms. The first-order valence-corrected chi connectivity index (χ1v) is 3.31. The highest BCUT2D eigenvalue weighted by Gasteiger charge is 2.13. The van der Waals surface area contributed by atoms with E-state index in [0.29, 0.717) is 5.56 Å². The molecule has 1 aromatic heterocycles. The average molecular weight is 167 g/mol. The number of rotatable bonds is 2. The Morgan fingerprint density at radius 1 is 1.67 bits per heavy atom. The maximum Gasteiger partial charge on any atom is 0.325 e. The lowest BCUT2D eigenvalue weighted by atomic mass is 10.1. The molecule has 0 saturated heterocycles. The lowest BCUT2D eigenvalue weighted by Gasteiger charge is -2.05. The first-order chi connectivity index (χ1) is 5.61. The van der Waals surface area contributed by atoms with E-state index in [2.05, 4.69) is 4.98 Å². The van der Waals surface area contributed by atoms with Gasteiger partial charge in [-0.1, -0.05) is 0 Å². The van der Waals surface area contributed by atoms with Gasteiger partial charge in [-0.05, 0) is 17.7 Å². The van der Waals surface area contributed by atoms with Crippen LogP contribution < -0.4 is 11.5 Å². The number of nitrogens with zero attached hydrogens (tertiary/aromatic N) is 1. The van der Waals surface area contributed by atoms with Crippen LogP contribution >= 0.6 is 0 Å². The van der Waals surface area contributed by atoms with E-state index in [1.54, 1.807) is 0 Å². The lowest BCUT2D eigenvalue weighted by Crippen LogP contribution is -2.20. The number of anilines is 1. The molecule has 5 nitrogen and oxygen atoms in total. The van der Waals surface area contributed by atoms with Gasteiger partial charge in [0.15, 0.2) is 0 Å². The molecule has 1 atom stereocenters. The third kappa shape index (κ3) is 1.70. The Labute approximate surface area is 69.0 Å². The fraction of sp³-hybridized carbons (Fsp3) is 0.143. The second-order valence-corrected chi connectivity index (χ2v) is 2.33. The Morgan fingerprint density at radius 3 is 2.83 bits per heavy atom. The number of carboxylic acid groups (broad SMARTS) is 1. The van der Waals surface area contributed by atoms with Crippen LogP contribution in [0.5, 0.6) is 0 Å². The number of pyridine rings is 1. The number of aromatic nitrogens is 1. The molecule has 0 aromatic carbocycles. The van der Waals surface area contributed by atoms with Crippen molar-refractivity contribution < 1.29 is 9.90 Å². The molecule has 0 amide bonds. The van der Waals surface area contributed by atoms with Crippen molar-refractivity contribution >= 4 is 11.8 Å². The van der Waals surface area contributed by atoms with E-state index in [1.165, 1.54) is 18.3 Å². The van der Waals surface area contributed by atoms with E-state index >= 15 is 0 Å². The molecule has 5 N–H and O–H groups in total. The molecule has 0 fully saturated rings. The van der Waals surface area contributed by atoms with Crippen LogP contribution in [0.1, 0.15) is 11.6 Å². The fourth-order valence-electron chi connectivity index (χ4n) is 0.802. The van der Waals surface area contributed by atoms with E-state index in [1.807, 2.05) is 0 Å². The van der Waals surface area contributed by atoms with Gasteiger partial charge in [0.05, 0.1) is 0 Å². The van der Waals surface area contributed by atoms with Gasteiger partial charge in [-0.15, -0.1) is 0 Å². The molecule has 1 aromatic rings. The Morgan fingerprint density at radius 2 is 2.33 bits per heavy atom. The molecule has 1 rings (SSSR count). The summed E-state index contributed by atoms with van der Waals surface area (Å²) in [5, 5.41) is 8.54. The second kappa shape index (κ2) is 3.19. The van der Waals surface area contributed by atoms with Crippen molar-refractivity contribution in [3.05, 3.63) is 23.9 Å². The minimum absolute atomic E-state index is 0.268. The van der Waals surface area contributed by atoms with E-state index < -0.39 is 12.0 Å². The molecule has 64 valence electrons. The van der Waals surface area contributed by atoms with Crippen LogP contribution in [-0.2, 0) is 4.79 Å². The monoisotopic (exact) mass is 167 g/mol. The van der Waals surface area contributed by atoms with Gasteiger partial charge in [-0.3, -0.25) is 4.79 Å². The zero-order valence-corrected chi connectivity index (χ0v) is 6.27. The van der Waals surface area contributed by atoms with E-state index in [0.717, 1.165) is 0 Å². The number of hydrogen-bond donors (Lipinski definition) is 3. The molecule has 0 aliphatic carbocycles. The quantitative estimate of drug-likeness (QED) is 0.563. The minimum Gasteiger partial charge on any atom is -0.480 e. The van der Waals surface area contributed by atoms with Crippen LogP contribution in [0.2, 0.25) is 0 Å². The zero-order chi connectivity index (χ0) is 9.14. The smallest absolute Gasteiger partial charge is 0.325 e. The van der Waals surface area contributed by atoms with Crippen LogP contribution in [0.3, 0.4) is 0 Å². The highest BCUT2D eigenvalue weighted by atomic mass is 16.4. The SMILES string of the molecule is Nc1cc([C@H](N)C(=O)O)ccn1. The lowest BCUT2D eigenvalue weighted by molar-refractivity contribution is -0.138. The number of aliphatic carboxylic acids is 1. The van der Waals surface area contributed by atoms with E-state index in [-0.39, 0.29) is 5.82 Å². The van der Waals surface area contributed by atoms with Gasteiger partial charge in [0.2, 0.25) is 0 Å². The molecule has 0 unspecified atom stereocenters. The van der Waals surface area contributed by atoms with Crippen LogP contribution in [0.4, 0.5) is 5.82 Å². The van der Waals surface area contributed by atoms with Gasteiger partial charge < -0.3 is 16.6 Å². The van der Waals surface area contributed by atoms with Gasteiger partial charge >= 0.3 is 5.97 Å². The highest BCUT2D eigenvalue weighted by Crippen LogP contribution is 2.11. The van der Waals surface area contributed by atoms with Crippen molar-refractivity contribution in [1.82, 2.24) is 4.98 Å². The summed E-state index contributed by atoms with van der Waals surface area (Å²) in [4.78, 5) is 14.1. The molecule has 0 bridgehead atoms. The first kappa shape index (κ1) is 8.48. The normalized spacial score (nSPS) is 12.4. The van der Waals surface area contributed by atoms with Gasteiger partial charge in [0, 0.05) is 6.20 Å². The summed E-state index contributed by atoms with van der Waals surface area (Å²) < 4.78 is 0. The molecule has 1 heterocycles. The van der Waals surface area contributed by atoms with Crippen molar-refractivity contribution in [2.75, 3.05) is 5.73 Å².